The van der Waals surface area contributed by atoms with Crippen LogP contribution in [0.5, 0.6) is 0 Å². The number of likely N-dealkylation sites (tertiary alicyclic amines) is 1. The summed E-state index contributed by atoms with van der Waals surface area (Å²) in [6.07, 6.45) is 1.73. The van der Waals surface area contributed by atoms with E-state index in [4.69, 9.17) is 5.73 Å². The predicted octanol–water partition coefficient (Wildman–Crippen LogP) is 4.38. The SMILES string of the molecule is CC(N)C1CCN(C(=O)C(Sc2cc(F)ccc2F)c2ccccc2)CC1. The molecule has 2 unspecified atom stereocenters. The molecule has 6 heteroatoms. The van der Waals surface area contributed by atoms with Gasteiger partial charge in [0.15, 0.2) is 0 Å². The number of carbonyl (C=O) groups is 1. The van der Waals surface area contributed by atoms with E-state index in [9.17, 15) is 13.6 Å². The number of benzene rings is 2. The van der Waals surface area contributed by atoms with Gasteiger partial charge in [-0.05, 0) is 49.4 Å². The maximum Gasteiger partial charge on any atom is 0.240 e. The van der Waals surface area contributed by atoms with Crippen LogP contribution in [0.3, 0.4) is 0 Å². The predicted molar refractivity (Wildman–Crippen MR) is 104 cm³/mol. The number of hydrogen-bond acceptors (Lipinski definition) is 3. The third-order valence-corrected chi connectivity index (χ3v) is 6.34. The van der Waals surface area contributed by atoms with Gasteiger partial charge < -0.3 is 10.6 Å². The molecule has 0 radical (unpaired) electrons. The third kappa shape index (κ3) is 4.87. The van der Waals surface area contributed by atoms with Gasteiger partial charge in [0.2, 0.25) is 5.91 Å². The Labute approximate surface area is 162 Å². The summed E-state index contributed by atoms with van der Waals surface area (Å²) < 4.78 is 27.8. The highest BCUT2D eigenvalue weighted by Crippen LogP contribution is 2.39. The van der Waals surface area contributed by atoms with Crippen LogP contribution in [0, 0.1) is 17.6 Å². The van der Waals surface area contributed by atoms with Crippen molar-refractivity contribution >= 4 is 17.7 Å². The fourth-order valence-electron chi connectivity index (χ4n) is 3.39. The fourth-order valence-corrected chi connectivity index (χ4v) is 4.55. The lowest BCUT2D eigenvalue weighted by molar-refractivity contribution is -0.132. The number of piperidine rings is 1. The van der Waals surface area contributed by atoms with Crippen LogP contribution in [-0.4, -0.2) is 29.9 Å². The van der Waals surface area contributed by atoms with E-state index in [-0.39, 0.29) is 16.8 Å². The number of nitrogens with two attached hydrogens (primary N) is 1. The van der Waals surface area contributed by atoms with E-state index in [0.29, 0.717) is 19.0 Å². The van der Waals surface area contributed by atoms with Gasteiger partial charge >= 0.3 is 0 Å². The summed E-state index contributed by atoms with van der Waals surface area (Å²) in [4.78, 5) is 15.2. The lowest BCUT2D eigenvalue weighted by atomic mass is 9.90. The summed E-state index contributed by atoms with van der Waals surface area (Å²) in [6, 6.07) is 12.7. The molecule has 1 amide bonds. The second-order valence-electron chi connectivity index (χ2n) is 7.01. The zero-order chi connectivity index (χ0) is 19.4. The molecule has 1 aliphatic heterocycles. The van der Waals surface area contributed by atoms with Gasteiger partial charge in [0, 0.05) is 24.0 Å². The molecule has 3 rings (SSSR count). The van der Waals surface area contributed by atoms with Crippen LogP contribution < -0.4 is 5.73 Å². The third-order valence-electron chi connectivity index (χ3n) is 5.06. The van der Waals surface area contributed by atoms with Crippen molar-refractivity contribution in [2.24, 2.45) is 11.7 Å². The van der Waals surface area contributed by atoms with Crippen LogP contribution in [-0.2, 0) is 4.79 Å². The zero-order valence-corrected chi connectivity index (χ0v) is 16.1. The molecule has 1 saturated heterocycles. The average Bonchev–Trinajstić information content (AvgIpc) is 2.69. The van der Waals surface area contributed by atoms with Crippen molar-refractivity contribution in [1.82, 2.24) is 4.90 Å². The molecule has 2 N–H and O–H groups in total. The van der Waals surface area contributed by atoms with Crippen LogP contribution in [0.4, 0.5) is 8.78 Å². The molecular weight excluding hydrogens is 366 g/mol. The molecule has 0 saturated carbocycles. The summed E-state index contributed by atoms with van der Waals surface area (Å²) >= 11 is 1.06. The summed E-state index contributed by atoms with van der Waals surface area (Å²) in [6.45, 7) is 3.28. The Morgan fingerprint density at radius 1 is 1.15 bits per heavy atom. The minimum Gasteiger partial charge on any atom is -0.341 e. The molecule has 0 aromatic heterocycles. The zero-order valence-electron chi connectivity index (χ0n) is 15.3. The summed E-state index contributed by atoms with van der Waals surface area (Å²) in [7, 11) is 0. The van der Waals surface area contributed by atoms with Crippen molar-refractivity contribution in [3.8, 4) is 0 Å². The van der Waals surface area contributed by atoms with Crippen molar-refractivity contribution in [3.05, 3.63) is 65.7 Å². The van der Waals surface area contributed by atoms with Gasteiger partial charge in [-0.2, -0.15) is 0 Å². The van der Waals surface area contributed by atoms with Crippen molar-refractivity contribution in [3.63, 3.8) is 0 Å². The quantitative estimate of drug-likeness (QED) is 0.771. The molecule has 1 aliphatic rings. The first-order valence-corrected chi connectivity index (χ1v) is 10.0. The summed E-state index contributed by atoms with van der Waals surface area (Å²) in [5.41, 5.74) is 6.77. The summed E-state index contributed by atoms with van der Waals surface area (Å²) in [5.74, 6) is -0.697. The van der Waals surface area contributed by atoms with Crippen molar-refractivity contribution in [2.75, 3.05) is 13.1 Å². The van der Waals surface area contributed by atoms with Gasteiger partial charge in [-0.15, -0.1) is 11.8 Å². The Morgan fingerprint density at radius 2 is 1.81 bits per heavy atom. The number of rotatable bonds is 5. The normalized spacial score (nSPS) is 17.6. The van der Waals surface area contributed by atoms with Crippen LogP contribution in [0.2, 0.25) is 0 Å². The first kappa shape index (κ1) is 19.8. The van der Waals surface area contributed by atoms with Crippen LogP contribution in [0.25, 0.3) is 0 Å². The van der Waals surface area contributed by atoms with E-state index in [2.05, 4.69) is 0 Å². The van der Waals surface area contributed by atoms with E-state index < -0.39 is 16.9 Å². The Hall–Kier alpha value is -1.92. The van der Waals surface area contributed by atoms with Gasteiger partial charge in [0.1, 0.15) is 16.9 Å². The standard InChI is InChI=1S/C21H24F2N2OS/c1-14(24)15-9-11-25(12-10-15)21(26)20(16-5-3-2-4-6-16)27-19-13-17(22)7-8-18(19)23/h2-8,13-15,20H,9-12,24H2,1H3. The molecule has 2 aromatic carbocycles. The number of thioether (sulfide) groups is 1. The monoisotopic (exact) mass is 390 g/mol. The highest BCUT2D eigenvalue weighted by Gasteiger charge is 2.31. The molecule has 1 heterocycles. The Balaban J connectivity index is 1.82. The van der Waals surface area contributed by atoms with E-state index in [0.717, 1.165) is 48.4 Å². The Kier molecular flexibility index (Phi) is 6.50. The second-order valence-corrected chi connectivity index (χ2v) is 8.15. The molecule has 0 bridgehead atoms. The lowest BCUT2D eigenvalue weighted by Gasteiger charge is -2.35. The molecule has 0 aliphatic carbocycles. The molecular formula is C21H24F2N2OS. The maximum atomic E-state index is 14.2. The Bertz CT molecular complexity index is 777. The van der Waals surface area contributed by atoms with E-state index in [1.165, 1.54) is 0 Å². The smallest absolute Gasteiger partial charge is 0.240 e. The van der Waals surface area contributed by atoms with Crippen LogP contribution >= 0.6 is 11.8 Å². The molecule has 0 spiro atoms. The average molecular weight is 390 g/mol. The van der Waals surface area contributed by atoms with Crippen molar-refractivity contribution in [2.45, 2.75) is 36.0 Å². The van der Waals surface area contributed by atoms with Crippen molar-refractivity contribution in [1.29, 1.82) is 0 Å². The fraction of sp³-hybridized carbons (Fsp3) is 0.381. The molecule has 2 aromatic rings. The lowest BCUT2D eigenvalue weighted by Crippen LogP contribution is -2.43. The van der Waals surface area contributed by atoms with Gasteiger partial charge in [-0.1, -0.05) is 30.3 Å². The van der Waals surface area contributed by atoms with Crippen LogP contribution in [0.15, 0.2) is 53.4 Å². The maximum absolute atomic E-state index is 14.2. The van der Waals surface area contributed by atoms with Gasteiger partial charge in [0.05, 0.1) is 0 Å². The van der Waals surface area contributed by atoms with Gasteiger partial charge in [-0.25, -0.2) is 8.78 Å². The van der Waals surface area contributed by atoms with Crippen molar-refractivity contribution < 1.29 is 13.6 Å². The summed E-state index contributed by atoms with van der Waals surface area (Å²) in [5, 5.41) is -0.616. The highest BCUT2D eigenvalue weighted by atomic mass is 32.2. The first-order chi connectivity index (χ1) is 13.0. The minimum absolute atomic E-state index is 0.0713. The van der Waals surface area contributed by atoms with Gasteiger partial charge in [-0.3, -0.25) is 4.79 Å². The number of nitrogens with zero attached hydrogens (tertiary/aromatic N) is 1. The Morgan fingerprint density at radius 3 is 2.44 bits per heavy atom. The number of carbonyl (C=O) groups excluding carboxylic acids is 1. The van der Waals surface area contributed by atoms with E-state index in [1.54, 1.807) is 0 Å². The van der Waals surface area contributed by atoms with E-state index in [1.807, 2.05) is 42.2 Å². The van der Waals surface area contributed by atoms with Crippen LogP contribution in [0.1, 0.15) is 30.6 Å². The number of hydrogen-bond donors (Lipinski definition) is 1. The second kappa shape index (κ2) is 8.85. The van der Waals surface area contributed by atoms with E-state index >= 15 is 0 Å². The minimum atomic E-state index is -0.616. The largest absolute Gasteiger partial charge is 0.341 e. The molecule has 3 nitrogen and oxygen atoms in total. The molecule has 144 valence electrons. The topological polar surface area (TPSA) is 46.3 Å². The first-order valence-electron chi connectivity index (χ1n) is 9.16. The number of amides is 1. The molecule has 2 atom stereocenters. The number of halogens is 2. The molecule has 27 heavy (non-hydrogen) atoms. The highest BCUT2D eigenvalue weighted by molar-refractivity contribution is 8.00. The van der Waals surface area contributed by atoms with Gasteiger partial charge in [0.25, 0.3) is 0 Å². The molecule has 1 fully saturated rings.